The smallest absolute Gasteiger partial charge is 0.157 e. The SMILES string of the molecule is Cc1ccc(C(=Nc2ccc(C)cc2C)NO)cc1. The number of benzene rings is 2. The van der Waals surface area contributed by atoms with Gasteiger partial charge >= 0.3 is 0 Å². The fourth-order valence-electron chi connectivity index (χ4n) is 1.92. The Morgan fingerprint density at radius 3 is 2.16 bits per heavy atom. The summed E-state index contributed by atoms with van der Waals surface area (Å²) in [5.41, 5.74) is 7.34. The minimum absolute atomic E-state index is 0.451. The molecule has 0 saturated heterocycles. The summed E-state index contributed by atoms with van der Waals surface area (Å²) in [6.07, 6.45) is 0. The predicted octanol–water partition coefficient (Wildman–Crippen LogP) is 3.67. The number of nitrogens with zero attached hydrogens (tertiary/aromatic N) is 1. The molecule has 0 spiro atoms. The summed E-state index contributed by atoms with van der Waals surface area (Å²) in [5.74, 6) is 0.451. The van der Waals surface area contributed by atoms with Crippen LogP contribution in [0.25, 0.3) is 0 Å². The minimum Gasteiger partial charge on any atom is -0.290 e. The molecule has 0 saturated carbocycles. The second-order valence-corrected chi connectivity index (χ2v) is 4.73. The van der Waals surface area contributed by atoms with E-state index >= 15 is 0 Å². The molecule has 0 aromatic heterocycles. The molecule has 2 N–H and O–H groups in total. The highest BCUT2D eigenvalue weighted by atomic mass is 16.5. The van der Waals surface area contributed by atoms with Gasteiger partial charge in [0.15, 0.2) is 5.84 Å². The molecule has 0 atom stereocenters. The number of rotatable bonds is 2. The van der Waals surface area contributed by atoms with Crippen LogP contribution in [0.2, 0.25) is 0 Å². The van der Waals surface area contributed by atoms with Gasteiger partial charge in [-0.1, -0.05) is 47.5 Å². The predicted molar refractivity (Wildman–Crippen MR) is 78.2 cm³/mol. The van der Waals surface area contributed by atoms with Crippen molar-refractivity contribution in [1.29, 1.82) is 0 Å². The van der Waals surface area contributed by atoms with E-state index in [0.29, 0.717) is 5.84 Å². The zero-order valence-corrected chi connectivity index (χ0v) is 11.4. The third-order valence-corrected chi connectivity index (χ3v) is 3.02. The zero-order valence-electron chi connectivity index (χ0n) is 11.4. The topological polar surface area (TPSA) is 44.6 Å². The summed E-state index contributed by atoms with van der Waals surface area (Å²) in [7, 11) is 0. The van der Waals surface area contributed by atoms with Gasteiger partial charge in [-0.25, -0.2) is 4.99 Å². The Bertz CT molecular complexity index is 601. The Morgan fingerprint density at radius 1 is 0.947 bits per heavy atom. The molecule has 19 heavy (non-hydrogen) atoms. The fourth-order valence-corrected chi connectivity index (χ4v) is 1.92. The molecule has 0 fully saturated rings. The van der Waals surface area contributed by atoms with Crippen LogP contribution >= 0.6 is 0 Å². The molecular weight excluding hydrogens is 236 g/mol. The van der Waals surface area contributed by atoms with Crippen molar-refractivity contribution in [3.8, 4) is 0 Å². The number of hydrogen-bond acceptors (Lipinski definition) is 2. The molecule has 0 aliphatic heterocycles. The fraction of sp³-hybridized carbons (Fsp3) is 0.188. The van der Waals surface area contributed by atoms with Crippen LogP contribution < -0.4 is 5.48 Å². The molecule has 0 heterocycles. The zero-order chi connectivity index (χ0) is 13.8. The van der Waals surface area contributed by atoms with Crippen LogP contribution in [-0.2, 0) is 0 Å². The van der Waals surface area contributed by atoms with Crippen LogP contribution in [0.1, 0.15) is 22.3 Å². The van der Waals surface area contributed by atoms with Crippen molar-refractivity contribution in [2.45, 2.75) is 20.8 Å². The van der Waals surface area contributed by atoms with E-state index < -0.39 is 0 Å². The number of hydroxylamine groups is 1. The average molecular weight is 254 g/mol. The Hall–Kier alpha value is -2.13. The van der Waals surface area contributed by atoms with Crippen LogP contribution in [0.5, 0.6) is 0 Å². The Kier molecular flexibility index (Phi) is 3.97. The molecule has 0 bridgehead atoms. The maximum atomic E-state index is 9.27. The maximum Gasteiger partial charge on any atom is 0.157 e. The number of amidine groups is 1. The molecule has 0 radical (unpaired) electrons. The van der Waals surface area contributed by atoms with Crippen molar-refractivity contribution in [3.63, 3.8) is 0 Å². The van der Waals surface area contributed by atoms with Crippen LogP contribution in [0, 0.1) is 20.8 Å². The van der Waals surface area contributed by atoms with Gasteiger partial charge < -0.3 is 0 Å². The van der Waals surface area contributed by atoms with Crippen LogP contribution in [0.4, 0.5) is 5.69 Å². The second-order valence-electron chi connectivity index (χ2n) is 4.73. The Balaban J connectivity index is 2.40. The van der Waals surface area contributed by atoms with E-state index in [4.69, 9.17) is 0 Å². The monoisotopic (exact) mass is 254 g/mol. The summed E-state index contributed by atoms with van der Waals surface area (Å²) < 4.78 is 0. The Labute approximate surface area is 113 Å². The van der Waals surface area contributed by atoms with E-state index in [0.717, 1.165) is 16.8 Å². The highest BCUT2D eigenvalue weighted by molar-refractivity contribution is 5.99. The molecule has 0 aliphatic carbocycles. The lowest BCUT2D eigenvalue weighted by molar-refractivity contribution is 0.235. The van der Waals surface area contributed by atoms with Crippen LogP contribution in [-0.4, -0.2) is 11.0 Å². The first-order valence-electron chi connectivity index (χ1n) is 6.23. The van der Waals surface area contributed by atoms with Gasteiger partial charge in [0.1, 0.15) is 0 Å². The standard InChI is InChI=1S/C16H18N2O/c1-11-4-7-14(8-5-11)16(18-19)17-15-9-6-12(2)10-13(15)3/h4-10,19H,1-3H3,(H,17,18). The van der Waals surface area contributed by atoms with E-state index in [2.05, 4.69) is 16.5 Å². The van der Waals surface area contributed by atoms with Crippen LogP contribution in [0.15, 0.2) is 47.5 Å². The van der Waals surface area contributed by atoms with Crippen molar-refractivity contribution in [3.05, 3.63) is 64.7 Å². The highest BCUT2D eigenvalue weighted by Crippen LogP contribution is 2.20. The van der Waals surface area contributed by atoms with Crippen molar-refractivity contribution < 1.29 is 5.21 Å². The first kappa shape index (κ1) is 13.3. The molecule has 2 aromatic carbocycles. The molecule has 0 unspecified atom stereocenters. The van der Waals surface area contributed by atoms with Crippen molar-refractivity contribution >= 4 is 11.5 Å². The van der Waals surface area contributed by atoms with Crippen molar-refractivity contribution in [2.24, 2.45) is 4.99 Å². The van der Waals surface area contributed by atoms with E-state index in [1.165, 1.54) is 11.1 Å². The van der Waals surface area contributed by atoms with Gasteiger partial charge in [0.25, 0.3) is 0 Å². The highest BCUT2D eigenvalue weighted by Gasteiger charge is 2.04. The van der Waals surface area contributed by atoms with Gasteiger partial charge in [-0.05, 0) is 32.4 Å². The van der Waals surface area contributed by atoms with E-state index in [-0.39, 0.29) is 0 Å². The normalized spacial score (nSPS) is 11.5. The third kappa shape index (κ3) is 3.20. The summed E-state index contributed by atoms with van der Waals surface area (Å²) in [6, 6.07) is 13.9. The molecule has 0 amide bonds. The molecular formula is C16H18N2O. The van der Waals surface area contributed by atoms with Gasteiger partial charge in [-0.3, -0.25) is 10.7 Å². The molecule has 98 valence electrons. The van der Waals surface area contributed by atoms with E-state index in [1.54, 1.807) is 0 Å². The van der Waals surface area contributed by atoms with Gasteiger partial charge in [0, 0.05) is 5.56 Å². The van der Waals surface area contributed by atoms with Crippen molar-refractivity contribution in [2.75, 3.05) is 0 Å². The lowest BCUT2D eigenvalue weighted by atomic mass is 10.1. The summed E-state index contributed by atoms with van der Waals surface area (Å²) in [6.45, 7) is 6.08. The van der Waals surface area contributed by atoms with Gasteiger partial charge in [0.2, 0.25) is 0 Å². The van der Waals surface area contributed by atoms with Crippen LogP contribution in [0.3, 0.4) is 0 Å². The molecule has 0 aliphatic rings. The first-order chi connectivity index (χ1) is 9.10. The second kappa shape index (κ2) is 5.67. The summed E-state index contributed by atoms with van der Waals surface area (Å²) in [4.78, 5) is 4.47. The van der Waals surface area contributed by atoms with Gasteiger partial charge in [0.05, 0.1) is 5.69 Å². The molecule has 3 heteroatoms. The third-order valence-electron chi connectivity index (χ3n) is 3.02. The van der Waals surface area contributed by atoms with Gasteiger partial charge in [-0.2, -0.15) is 0 Å². The Morgan fingerprint density at radius 2 is 1.58 bits per heavy atom. The lowest BCUT2D eigenvalue weighted by Gasteiger charge is -2.07. The van der Waals surface area contributed by atoms with E-state index in [1.807, 2.05) is 57.2 Å². The lowest BCUT2D eigenvalue weighted by Crippen LogP contribution is -2.19. The largest absolute Gasteiger partial charge is 0.290 e. The molecule has 3 nitrogen and oxygen atoms in total. The number of nitrogens with one attached hydrogen (secondary N) is 1. The maximum absolute atomic E-state index is 9.27. The summed E-state index contributed by atoms with van der Waals surface area (Å²) in [5, 5.41) is 9.27. The quantitative estimate of drug-likeness (QED) is 0.488. The summed E-state index contributed by atoms with van der Waals surface area (Å²) >= 11 is 0. The molecule has 2 aromatic rings. The van der Waals surface area contributed by atoms with Crippen molar-refractivity contribution in [1.82, 2.24) is 5.48 Å². The van der Waals surface area contributed by atoms with E-state index in [9.17, 15) is 5.21 Å². The molecule has 2 rings (SSSR count). The minimum atomic E-state index is 0.451. The average Bonchev–Trinajstić information content (AvgIpc) is 2.39. The van der Waals surface area contributed by atoms with Gasteiger partial charge in [-0.15, -0.1) is 0 Å². The number of aliphatic imine (C=N–C) groups is 1. The first-order valence-corrected chi connectivity index (χ1v) is 6.23. The number of aryl methyl sites for hydroxylation is 3. The number of hydrogen-bond donors (Lipinski definition) is 2.